The molecule has 2 rings (SSSR count). The molecule has 18 heavy (non-hydrogen) atoms. The minimum absolute atomic E-state index is 0.411. The molecule has 0 aliphatic rings. The minimum Gasteiger partial charge on any atom is -0.494 e. The third kappa shape index (κ3) is 2.04. The predicted molar refractivity (Wildman–Crippen MR) is 73.4 cm³/mol. The molecule has 6 heteroatoms. The molecule has 1 amide bonds. The number of hydrogen-bond donors (Lipinski definition) is 1. The van der Waals surface area contributed by atoms with Gasteiger partial charge in [-0.05, 0) is 19.9 Å². The van der Waals surface area contributed by atoms with Crippen molar-refractivity contribution in [1.29, 1.82) is 0 Å². The zero-order valence-corrected chi connectivity index (χ0v) is 11.9. The number of halogens is 1. The number of nitrogens with two attached hydrogens (primary N) is 1. The number of hydrogen-bond acceptors (Lipinski definition) is 4. The number of amides is 1. The van der Waals surface area contributed by atoms with Crippen molar-refractivity contribution in [3.63, 3.8) is 0 Å². The number of benzene rings is 1. The van der Waals surface area contributed by atoms with Crippen molar-refractivity contribution >= 4 is 39.1 Å². The third-order valence-corrected chi connectivity index (χ3v) is 4.34. The van der Waals surface area contributed by atoms with E-state index < -0.39 is 11.3 Å². The SMILES string of the molecule is COc1cc(Cl)cc2sc(C(C)(C)C(N)=O)nc12. The molecule has 96 valence electrons. The second-order valence-corrected chi connectivity index (χ2v) is 5.93. The largest absolute Gasteiger partial charge is 0.494 e. The fourth-order valence-electron chi connectivity index (χ4n) is 1.50. The molecule has 0 atom stereocenters. The molecule has 1 aromatic heterocycles. The van der Waals surface area contributed by atoms with Crippen molar-refractivity contribution in [3.8, 4) is 5.75 Å². The van der Waals surface area contributed by atoms with Crippen molar-refractivity contribution in [2.45, 2.75) is 19.3 Å². The van der Waals surface area contributed by atoms with Crippen LogP contribution in [0.25, 0.3) is 10.2 Å². The molecule has 0 aliphatic carbocycles. The highest BCUT2D eigenvalue weighted by Gasteiger charge is 2.31. The minimum atomic E-state index is -0.804. The van der Waals surface area contributed by atoms with Crippen LogP contribution in [-0.2, 0) is 10.2 Å². The third-order valence-electron chi connectivity index (χ3n) is 2.80. The highest BCUT2D eigenvalue weighted by molar-refractivity contribution is 7.18. The lowest BCUT2D eigenvalue weighted by molar-refractivity contribution is -0.122. The maximum Gasteiger partial charge on any atom is 0.229 e. The number of carbonyl (C=O) groups excluding carboxylic acids is 1. The van der Waals surface area contributed by atoms with Gasteiger partial charge in [-0.15, -0.1) is 11.3 Å². The number of fused-ring (bicyclic) bond motifs is 1. The molecule has 0 saturated carbocycles. The Bertz CT molecular complexity index is 622. The summed E-state index contributed by atoms with van der Waals surface area (Å²) in [6, 6.07) is 3.50. The number of methoxy groups -OCH3 is 1. The van der Waals surface area contributed by atoms with Gasteiger partial charge < -0.3 is 10.5 Å². The Labute approximate surface area is 114 Å². The number of carbonyl (C=O) groups is 1. The van der Waals surface area contributed by atoms with Gasteiger partial charge in [0.05, 0.1) is 17.2 Å². The van der Waals surface area contributed by atoms with E-state index in [4.69, 9.17) is 22.1 Å². The van der Waals surface area contributed by atoms with Crippen LogP contribution in [0.1, 0.15) is 18.9 Å². The molecule has 0 unspecified atom stereocenters. The van der Waals surface area contributed by atoms with Crippen molar-refractivity contribution in [2.24, 2.45) is 5.73 Å². The van der Waals surface area contributed by atoms with Crippen LogP contribution in [0.2, 0.25) is 5.02 Å². The van der Waals surface area contributed by atoms with Crippen LogP contribution < -0.4 is 10.5 Å². The first kappa shape index (κ1) is 13.1. The van der Waals surface area contributed by atoms with Crippen LogP contribution in [-0.4, -0.2) is 18.0 Å². The molecular weight excluding hydrogens is 272 g/mol. The van der Waals surface area contributed by atoms with E-state index in [0.29, 0.717) is 21.3 Å². The van der Waals surface area contributed by atoms with Crippen LogP contribution >= 0.6 is 22.9 Å². The zero-order valence-electron chi connectivity index (χ0n) is 10.3. The van der Waals surface area contributed by atoms with Gasteiger partial charge in [0, 0.05) is 11.1 Å². The lowest BCUT2D eigenvalue weighted by atomic mass is 9.94. The zero-order chi connectivity index (χ0) is 13.5. The number of ether oxygens (including phenoxy) is 1. The van der Waals surface area contributed by atoms with Crippen LogP contribution in [0.15, 0.2) is 12.1 Å². The lowest BCUT2D eigenvalue weighted by Gasteiger charge is -2.16. The Morgan fingerprint density at radius 2 is 2.17 bits per heavy atom. The number of aromatic nitrogens is 1. The van der Waals surface area contributed by atoms with E-state index in [0.717, 1.165) is 4.70 Å². The maximum atomic E-state index is 11.5. The number of primary amides is 1. The van der Waals surface area contributed by atoms with Gasteiger partial charge in [-0.3, -0.25) is 4.79 Å². The van der Waals surface area contributed by atoms with Gasteiger partial charge in [0.2, 0.25) is 5.91 Å². The number of rotatable bonds is 3. The molecule has 0 fully saturated rings. The van der Waals surface area contributed by atoms with Gasteiger partial charge in [-0.2, -0.15) is 0 Å². The van der Waals surface area contributed by atoms with Crippen molar-refractivity contribution < 1.29 is 9.53 Å². The van der Waals surface area contributed by atoms with Crippen LogP contribution in [0, 0.1) is 0 Å². The molecule has 2 aromatic rings. The summed E-state index contributed by atoms with van der Waals surface area (Å²) in [4.78, 5) is 15.9. The van der Waals surface area contributed by atoms with Crippen LogP contribution in [0.5, 0.6) is 5.75 Å². The summed E-state index contributed by atoms with van der Waals surface area (Å²) < 4.78 is 6.12. The number of nitrogens with zero attached hydrogens (tertiary/aromatic N) is 1. The highest BCUT2D eigenvalue weighted by atomic mass is 35.5. The second kappa shape index (κ2) is 4.40. The lowest BCUT2D eigenvalue weighted by Crippen LogP contribution is -2.35. The van der Waals surface area contributed by atoms with E-state index in [-0.39, 0.29) is 0 Å². The molecule has 0 aliphatic heterocycles. The van der Waals surface area contributed by atoms with E-state index in [9.17, 15) is 4.79 Å². The monoisotopic (exact) mass is 284 g/mol. The van der Waals surface area contributed by atoms with E-state index in [1.165, 1.54) is 11.3 Å². The fraction of sp³-hybridized carbons (Fsp3) is 0.333. The molecule has 1 aromatic carbocycles. The molecule has 2 N–H and O–H groups in total. The van der Waals surface area contributed by atoms with E-state index in [1.54, 1.807) is 33.1 Å². The quantitative estimate of drug-likeness (QED) is 0.942. The van der Waals surface area contributed by atoms with E-state index in [2.05, 4.69) is 4.98 Å². The second-order valence-electron chi connectivity index (χ2n) is 4.46. The first-order valence-electron chi connectivity index (χ1n) is 5.30. The standard InChI is InChI=1S/C12H13ClN2O2S/c1-12(2,10(14)16)11-15-9-7(17-3)4-6(13)5-8(9)18-11/h4-5H,1-3H3,(H2,14,16). The molecule has 4 nitrogen and oxygen atoms in total. The van der Waals surface area contributed by atoms with Crippen molar-refractivity contribution in [3.05, 3.63) is 22.2 Å². The van der Waals surface area contributed by atoms with Crippen molar-refractivity contribution in [1.82, 2.24) is 4.98 Å². The Morgan fingerprint density at radius 3 is 2.72 bits per heavy atom. The summed E-state index contributed by atoms with van der Waals surface area (Å²) in [5.41, 5.74) is 5.30. The van der Waals surface area contributed by atoms with Crippen LogP contribution in [0.3, 0.4) is 0 Å². The smallest absolute Gasteiger partial charge is 0.229 e. The summed E-state index contributed by atoms with van der Waals surface area (Å²) in [5, 5.41) is 1.23. The van der Waals surface area contributed by atoms with Gasteiger partial charge in [0.25, 0.3) is 0 Å². The Hall–Kier alpha value is -1.33. The summed E-state index contributed by atoms with van der Waals surface area (Å²) >= 11 is 7.40. The Kier molecular flexibility index (Phi) is 3.21. The molecule has 0 radical (unpaired) electrons. The van der Waals surface area contributed by atoms with Crippen molar-refractivity contribution in [2.75, 3.05) is 7.11 Å². The van der Waals surface area contributed by atoms with Gasteiger partial charge in [0.1, 0.15) is 16.3 Å². The maximum absolute atomic E-state index is 11.5. The van der Waals surface area contributed by atoms with E-state index in [1.807, 2.05) is 0 Å². The predicted octanol–water partition coefficient (Wildman–Crippen LogP) is 2.72. The van der Waals surface area contributed by atoms with Gasteiger partial charge in [-0.25, -0.2) is 4.98 Å². The summed E-state index contributed by atoms with van der Waals surface area (Å²) in [6.07, 6.45) is 0. The molecular formula is C12H13ClN2O2S. The van der Waals surface area contributed by atoms with E-state index >= 15 is 0 Å². The first-order chi connectivity index (χ1) is 8.36. The number of thiazole rings is 1. The van der Waals surface area contributed by atoms with Gasteiger partial charge >= 0.3 is 0 Å². The summed E-state index contributed by atoms with van der Waals surface area (Å²) in [6.45, 7) is 3.50. The fourth-order valence-corrected chi connectivity index (χ4v) is 2.90. The molecule has 0 bridgehead atoms. The Morgan fingerprint density at radius 1 is 1.50 bits per heavy atom. The Balaban J connectivity index is 2.67. The van der Waals surface area contributed by atoms with Gasteiger partial charge in [0.15, 0.2) is 0 Å². The molecule has 0 spiro atoms. The normalized spacial score (nSPS) is 11.8. The average molecular weight is 285 g/mol. The highest BCUT2D eigenvalue weighted by Crippen LogP contribution is 2.37. The summed E-state index contributed by atoms with van der Waals surface area (Å²) in [5.74, 6) is 0.187. The average Bonchev–Trinajstić information content (AvgIpc) is 2.71. The van der Waals surface area contributed by atoms with Crippen LogP contribution in [0.4, 0.5) is 0 Å². The first-order valence-corrected chi connectivity index (χ1v) is 6.50. The molecule has 0 saturated heterocycles. The molecule has 1 heterocycles. The summed E-state index contributed by atoms with van der Waals surface area (Å²) in [7, 11) is 1.56. The topological polar surface area (TPSA) is 65.2 Å². The van der Waals surface area contributed by atoms with Gasteiger partial charge in [-0.1, -0.05) is 11.6 Å².